The quantitative estimate of drug-likeness (QED) is 0.786. The monoisotopic (exact) mass is 285 g/mol. The molecule has 0 aliphatic carbocycles. The van der Waals surface area contributed by atoms with Crippen LogP contribution in [0.1, 0.15) is 20.3 Å². The maximum Gasteiger partial charge on any atom is 0.127 e. The summed E-state index contributed by atoms with van der Waals surface area (Å²) in [4.78, 5) is 0. The van der Waals surface area contributed by atoms with Crippen LogP contribution in [-0.2, 0) is 0 Å². The second-order valence-corrected chi connectivity index (χ2v) is 4.98. The molecule has 0 bridgehead atoms. The molecule has 0 spiro atoms. The van der Waals surface area contributed by atoms with Crippen molar-refractivity contribution in [2.75, 3.05) is 13.2 Å². The van der Waals surface area contributed by atoms with Gasteiger partial charge in [0.05, 0.1) is 6.61 Å². The summed E-state index contributed by atoms with van der Waals surface area (Å²) in [7, 11) is 0. The fourth-order valence-corrected chi connectivity index (χ4v) is 2.03. The Balaban J connectivity index is 1.79. The van der Waals surface area contributed by atoms with Gasteiger partial charge in [0, 0.05) is 6.04 Å². The van der Waals surface area contributed by atoms with E-state index in [4.69, 9.17) is 9.47 Å². The Hall–Kier alpha value is -2.00. The van der Waals surface area contributed by atoms with Crippen LogP contribution in [0.2, 0.25) is 0 Å². The standard InChI is InChI=1S/C18H23NO2/c1-3-19-15(2)13-14-20-16-9-11-18(12-10-16)21-17-7-5-4-6-8-17/h4-12,15,19H,3,13-14H2,1-2H3. The van der Waals surface area contributed by atoms with E-state index in [-0.39, 0.29) is 0 Å². The molecular formula is C18H23NO2. The SMILES string of the molecule is CCNC(C)CCOc1ccc(Oc2ccccc2)cc1. The summed E-state index contributed by atoms with van der Waals surface area (Å²) >= 11 is 0. The van der Waals surface area contributed by atoms with Crippen molar-refractivity contribution in [2.45, 2.75) is 26.3 Å². The Morgan fingerprint density at radius 2 is 1.52 bits per heavy atom. The first-order valence-electron chi connectivity index (χ1n) is 7.47. The van der Waals surface area contributed by atoms with Gasteiger partial charge < -0.3 is 14.8 Å². The second-order valence-electron chi connectivity index (χ2n) is 4.98. The van der Waals surface area contributed by atoms with E-state index in [1.165, 1.54) is 0 Å². The van der Waals surface area contributed by atoms with Crippen LogP contribution in [0.5, 0.6) is 17.2 Å². The van der Waals surface area contributed by atoms with Crippen LogP contribution in [-0.4, -0.2) is 19.2 Å². The van der Waals surface area contributed by atoms with Crippen LogP contribution in [0.4, 0.5) is 0 Å². The van der Waals surface area contributed by atoms with Crippen molar-refractivity contribution in [3.8, 4) is 17.2 Å². The van der Waals surface area contributed by atoms with Gasteiger partial charge in [-0.05, 0) is 56.3 Å². The first-order chi connectivity index (χ1) is 10.3. The molecule has 2 aromatic carbocycles. The molecule has 0 saturated carbocycles. The van der Waals surface area contributed by atoms with Gasteiger partial charge in [0.1, 0.15) is 17.2 Å². The molecule has 0 fully saturated rings. The maximum absolute atomic E-state index is 5.74. The summed E-state index contributed by atoms with van der Waals surface area (Å²) in [6.45, 7) is 5.99. The van der Waals surface area contributed by atoms with Crippen LogP contribution in [0.3, 0.4) is 0 Å². The summed E-state index contributed by atoms with van der Waals surface area (Å²) in [5, 5.41) is 3.37. The van der Waals surface area contributed by atoms with E-state index in [9.17, 15) is 0 Å². The summed E-state index contributed by atoms with van der Waals surface area (Å²) in [5.41, 5.74) is 0. The van der Waals surface area contributed by atoms with E-state index < -0.39 is 0 Å². The van der Waals surface area contributed by atoms with E-state index in [1.807, 2.05) is 54.6 Å². The van der Waals surface area contributed by atoms with Crippen molar-refractivity contribution in [1.29, 1.82) is 0 Å². The normalized spacial score (nSPS) is 11.9. The fraction of sp³-hybridized carbons (Fsp3) is 0.333. The highest BCUT2D eigenvalue weighted by atomic mass is 16.5. The van der Waals surface area contributed by atoms with Crippen molar-refractivity contribution in [2.24, 2.45) is 0 Å². The molecule has 1 N–H and O–H groups in total. The predicted molar refractivity (Wildman–Crippen MR) is 86.2 cm³/mol. The molecule has 1 atom stereocenters. The lowest BCUT2D eigenvalue weighted by Gasteiger charge is -2.13. The minimum absolute atomic E-state index is 0.482. The highest BCUT2D eigenvalue weighted by Crippen LogP contribution is 2.23. The molecule has 0 aromatic heterocycles. The van der Waals surface area contributed by atoms with Crippen molar-refractivity contribution in [3.05, 3.63) is 54.6 Å². The van der Waals surface area contributed by atoms with E-state index in [0.29, 0.717) is 12.6 Å². The third kappa shape index (κ3) is 5.48. The topological polar surface area (TPSA) is 30.5 Å². The number of benzene rings is 2. The van der Waals surface area contributed by atoms with Gasteiger partial charge in [-0.1, -0.05) is 25.1 Å². The molecule has 2 aromatic rings. The minimum Gasteiger partial charge on any atom is -0.494 e. The molecule has 3 nitrogen and oxygen atoms in total. The lowest BCUT2D eigenvalue weighted by atomic mass is 10.2. The van der Waals surface area contributed by atoms with Gasteiger partial charge in [0.15, 0.2) is 0 Å². The Morgan fingerprint density at radius 3 is 2.19 bits per heavy atom. The van der Waals surface area contributed by atoms with E-state index in [0.717, 1.165) is 30.2 Å². The molecule has 21 heavy (non-hydrogen) atoms. The summed E-state index contributed by atoms with van der Waals surface area (Å²) in [6.07, 6.45) is 0.996. The molecule has 112 valence electrons. The van der Waals surface area contributed by atoms with Crippen molar-refractivity contribution < 1.29 is 9.47 Å². The predicted octanol–water partition coefficient (Wildman–Crippen LogP) is 4.25. The molecule has 0 radical (unpaired) electrons. The molecule has 0 amide bonds. The Morgan fingerprint density at radius 1 is 0.905 bits per heavy atom. The van der Waals surface area contributed by atoms with Crippen molar-refractivity contribution >= 4 is 0 Å². The maximum atomic E-state index is 5.74. The fourth-order valence-electron chi connectivity index (χ4n) is 2.03. The molecule has 3 heteroatoms. The molecule has 0 aliphatic rings. The third-order valence-corrected chi connectivity index (χ3v) is 3.17. The first-order valence-corrected chi connectivity index (χ1v) is 7.47. The molecule has 1 unspecified atom stereocenters. The highest BCUT2D eigenvalue weighted by Gasteiger charge is 2.01. The number of nitrogens with one attached hydrogen (secondary N) is 1. The number of ether oxygens (including phenoxy) is 2. The van der Waals surface area contributed by atoms with Gasteiger partial charge in [0.25, 0.3) is 0 Å². The van der Waals surface area contributed by atoms with Crippen LogP contribution < -0.4 is 14.8 Å². The average Bonchev–Trinajstić information content (AvgIpc) is 2.50. The van der Waals surface area contributed by atoms with E-state index >= 15 is 0 Å². The summed E-state index contributed by atoms with van der Waals surface area (Å²) < 4.78 is 11.5. The molecule has 0 heterocycles. The van der Waals surface area contributed by atoms with Gasteiger partial charge in [-0.3, -0.25) is 0 Å². The lowest BCUT2D eigenvalue weighted by Crippen LogP contribution is -2.27. The largest absolute Gasteiger partial charge is 0.494 e. The van der Waals surface area contributed by atoms with Crippen molar-refractivity contribution in [1.82, 2.24) is 5.32 Å². The van der Waals surface area contributed by atoms with Gasteiger partial charge in [-0.25, -0.2) is 0 Å². The minimum atomic E-state index is 0.482. The lowest BCUT2D eigenvalue weighted by molar-refractivity contribution is 0.291. The van der Waals surface area contributed by atoms with Gasteiger partial charge >= 0.3 is 0 Å². The van der Waals surface area contributed by atoms with Crippen LogP contribution in [0.25, 0.3) is 0 Å². The zero-order chi connectivity index (χ0) is 14.9. The second kappa shape index (κ2) is 8.32. The Kier molecular flexibility index (Phi) is 6.10. The van der Waals surface area contributed by atoms with E-state index in [1.54, 1.807) is 0 Å². The van der Waals surface area contributed by atoms with Crippen LogP contribution in [0.15, 0.2) is 54.6 Å². The number of hydrogen-bond acceptors (Lipinski definition) is 3. The average molecular weight is 285 g/mol. The zero-order valence-electron chi connectivity index (χ0n) is 12.7. The summed E-state index contributed by atoms with van der Waals surface area (Å²) in [6, 6.07) is 18.0. The third-order valence-electron chi connectivity index (χ3n) is 3.17. The Bertz CT molecular complexity index is 511. The number of hydrogen-bond donors (Lipinski definition) is 1. The van der Waals surface area contributed by atoms with Gasteiger partial charge in [-0.15, -0.1) is 0 Å². The molecule has 0 saturated heterocycles. The zero-order valence-corrected chi connectivity index (χ0v) is 12.7. The van der Waals surface area contributed by atoms with E-state index in [2.05, 4.69) is 19.2 Å². The van der Waals surface area contributed by atoms with Crippen molar-refractivity contribution in [3.63, 3.8) is 0 Å². The number of para-hydroxylation sites is 1. The summed E-state index contributed by atoms with van der Waals surface area (Å²) in [5.74, 6) is 2.53. The van der Waals surface area contributed by atoms with Crippen LogP contribution in [0, 0.1) is 0 Å². The van der Waals surface area contributed by atoms with Crippen LogP contribution >= 0.6 is 0 Å². The van der Waals surface area contributed by atoms with Gasteiger partial charge in [0.2, 0.25) is 0 Å². The van der Waals surface area contributed by atoms with Gasteiger partial charge in [-0.2, -0.15) is 0 Å². The first kappa shape index (κ1) is 15.4. The Labute approximate surface area is 126 Å². The smallest absolute Gasteiger partial charge is 0.127 e. The molecule has 0 aliphatic heterocycles. The number of rotatable bonds is 8. The molecular weight excluding hydrogens is 262 g/mol. The highest BCUT2D eigenvalue weighted by molar-refractivity contribution is 5.35. The molecule has 2 rings (SSSR count).